The summed E-state index contributed by atoms with van der Waals surface area (Å²) in [5.74, 6) is 1.56. The topological polar surface area (TPSA) is 76.5 Å². The Morgan fingerprint density at radius 2 is 1.75 bits per heavy atom. The number of nitrogens with zero attached hydrogens (tertiary/aromatic N) is 4. The second-order valence-corrected chi connectivity index (χ2v) is 7.60. The zero-order valence-corrected chi connectivity index (χ0v) is 16.2. The normalized spacial score (nSPS) is 11.2. The van der Waals surface area contributed by atoms with E-state index in [1.54, 1.807) is 28.6 Å². The molecule has 0 unspecified atom stereocenters. The summed E-state index contributed by atoms with van der Waals surface area (Å²) in [6.07, 6.45) is 0. The molecule has 6 nitrogen and oxygen atoms in total. The highest BCUT2D eigenvalue weighted by atomic mass is 35.5. The van der Waals surface area contributed by atoms with Crippen LogP contribution in [0.5, 0.6) is 0 Å². The second kappa shape index (κ2) is 8.12. The maximum Gasteiger partial charge on any atom is 0.281 e. The summed E-state index contributed by atoms with van der Waals surface area (Å²) in [7, 11) is 0. The highest BCUT2D eigenvalue weighted by Gasteiger charge is 2.12. The Kier molecular flexibility index (Phi) is 5.40. The predicted octanol–water partition coefficient (Wildman–Crippen LogP) is 3.79. The van der Waals surface area contributed by atoms with E-state index in [0.29, 0.717) is 28.8 Å². The summed E-state index contributed by atoms with van der Waals surface area (Å²) < 4.78 is 14.6. The minimum atomic E-state index is -0.322. The van der Waals surface area contributed by atoms with Crippen molar-refractivity contribution in [3.63, 3.8) is 0 Å². The first kappa shape index (κ1) is 18.6. The number of fused-ring (bicyclic) bond motifs is 1. The molecule has 0 saturated carbocycles. The number of hydrogen-bond acceptors (Lipinski definition) is 5. The highest BCUT2D eigenvalue weighted by molar-refractivity contribution is 7.97. The predicted molar refractivity (Wildman–Crippen MR) is 108 cm³/mol. The minimum absolute atomic E-state index is 0.188. The van der Waals surface area contributed by atoms with E-state index in [0.717, 1.165) is 16.9 Å². The third kappa shape index (κ3) is 4.23. The lowest BCUT2D eigenvalue weighted by molar-refractivity contribution is 0.623. The standard InChI is InChI=1S/C19H15ClFN5OS/c20-14-5-1-13(2-6-14)10-28-11-16-22-18-17(19(27)23-16)24-25-26(18)9-12-3-7-15(21)8-4-12/h1-8H,9-11H2,(H,22,23,27). The van der Waals surface area contributed by atoms with E-state index in [4.69, 9.17) is 11.6 Å². The molecule has 9 heteroatoms. The number of halogens is 2. The van der Waals surface area contributed by atoms with Crippen LogP contribution in [0.4, 0.5) is 4.39 Å². The molecule has 0 radical (unpaired) electrons. The quantitative estimate of drug-likeness (QED) is 0.518. The number of aromatic nitrogens is 5. The fraction of sp³-hybridized carbons (Fsp3) is 0.158. The summed E-state index contributed by atoms with van der Waals surface area (Å²) in [5, 5.41) is 8.65. The third-order valence-corrected chi connectivity index (χ3v) is 5.36. The van der Waals surface area contributed by atoms with Crippen LogP contribution in [-0.4, -0.2) is 25.0 Å². The van der Waals surface area contributed by atoms with Crippen LogP contribution >= 0.6 is 23.4 Å². The first-order valence-corrected chi connectivity index (χ1v) is 10.0. The molecule has 0 bridgehead atoms. The van der Waals surface area contributed by atoms with E-state index < -0.39 is 0 Å². The molecule has 0 saturated heterocycles. The Balaban J connectivity index is 1.52. The van der Waals surface area contributed by atoms with E-state index >= 15 is 0 Å². The van der Waals surface area contributed by atoms with Crippen LogP contribution in [0.3, 0.4) is 0 Å². The third-order valence-electron chi connectivity index (χ3n) is 4.09. The molecule has 1 N–H and O–H groups in total. The first-order valence-electron chi connectivity index (χ1n) is 8.47. The molecule has 0 aliphatic rings. The molecule has 0 aliphatic carbocycles. The number of hydrogen-bond donors (Lipinski definition) is 1. The Morgan fingerprint density at radius 1 is 1.04 bits per heavy atom. The van der Waals surface area contributed by atoms with E-state index in [1.807, 2.05) is 24.3 Å². The molecule has 0 amide bonds. The van der Waals surface area contributed by atoms with Crippen LogP contribution in [0.2, 0.25) is 5.02 Å². The Labute approximate surface area is 168 Å². The van der Waals surface area contributed by atoms with Crippen molar-refractivity contribution in [1.29, 1.82) is 0 Å². The molecule has 2 aromatic heterocycles. The van der Waals surface area contributed by atoms with E-state index in [1.165, 1.54) is 12.1 Å². The Hall–Kier alpha value is -2.71. The number of benzene rings is 2. The molecule has 28 heavy (non-hydrogen) atoms. The van der Waals surface area contributed by atoms with Gasteiger partial charge >= 0.3 is 0 Å². The van der Waals surface area contributed by atoms with Crippen molar-refractivity contribution in [1.82, 2.24) is 25.0 Å². The summed E-state index contributed by atoms with van der Waals surface area (Å²) in [6.45, 7) is 0.352. The van der Waals surface area contributed by atoms with Gasteiger partial charge in [-0.1, -0.05) is 41.1 Å². The number of nitrogens with one attached hydrogen (secondary N) is 1. The molecule has 4 aromatic rings. The van der Waals surface area contributed by atoms with Crippen LogP contribution in [0.25, 0.3) is 11.2 Å². The van der Waals surface area contributed by atoms with E-state index in [-0.39, 0.29) is 16.9 Å². The van der Waals surface area contributed by atoms with Crippen LogP contribution in [0, 0.1) is 5.82 Å². The first-order chi connectivity index (χ1) is 13.6. The van der Waals surface area contributed by atoms with E-state index in [9.17, 15) is 9.18 Å². The largest absolute Gasteiger partial charge is 0.308 e. The van der Waals surface area contributed by atoms with Gasteiger partial charge in [0.25, 0.3) is 5.56 Å². The fourth-order valence-electron chi connectivity index (χ4n) is 2.70. The van der Waals surface area contributed by atoms with E-state index in [2.05, 4.69) is 20.3 Å². The van der Waals surface area contributed by atoms with Crippen molar-refractivity contribution in [3.8, 4) is 0 Å². The summed E-state index contributed by atoms with van der Waals surface area (Å²) in [5.41, 5.74) is 2.26. The number of H-pyrrole nitrogens is 1. The SMILES string of the molecule is O=c1[nH]c(CSCc2ccc(Cl)cc2)nc2c1nnn2Cc1ccc(F)cc1. The lowest BCUT2D eigenvalue weighted by Crippen LogP contribution is -2.13. The van der Waals surface area contributed by atoms with Crippen LogP contribution in [0.1, 0.15) is 17.0 Å². The van der Waals surface area contributed by atoms with Gasteiger partial charge in [0, 0.05) is 10.8 Å². The maximum atomic E-state index is 13.1. The van der Waals surface area contributed by atoms with Gasteiger partial charge in [0.1, 0.15) is 11.6 Å². The Morgan fingerprint density at radius 3 is 2.50 bits per heavy atom. The average Bonchev–Trinajstić information content (AvgIpc) is 3.09. The molecule has 4 rings (SSSR count). The zero-order valence-electron chi connectivity index (χ0n) is 14.6. The summed E-state index contributed by atoms with van der Waals surface area (Å²) in [6, 6.07) is 13.7. The Bertz CT molecular complexity index is 1160. The van der Waals surface area contributed by atoms with Gasteiger partial charge in [0.15, 0.2) is 11.2 Å². The van der Waals surface area contributed by atoms with Crippen molar-refractivity contribution in [2.24, 2.45) is 0 Å². The van der Waals surface area contributed by atoms with Crippen molar-refractivity contribution in [2.75, 3.05) is 0 Å². The zero-order chi connectivity index (χ0) is 19.5. The molecular formula is C19H15ClFN5OS. The molecule has 0 fully saturated rings. The van der Waals surface area contributed by atoms with Gasteiger partial charge in [-0.3, -0.25) is 4.79 Å². The van der Waals surface area contributed by atoms with Gasteiger partial charge in [-0.2, -0.15) is 0 Å². The van der Waals surface area contributed by atoms with Crippen LogP contribution < -0.4 is 5.56 Å². The van der Waals surface area contributed by atoms with Crippen LogP contribution in [-0.2, 0) is 18.1 Å². The number of thioether (sulfide) groups is 1. The maximum absolute atomic E-state index is 13.1. The molecule has 2 aromatic carbocycles. The van der Waals surface area contributed by atoms with Crippen molar-refractivity contribution >= 4 is 34.5 Å². The fourth-order valence-corrected chi connectivity index (χ4v) is 3.68. The van der Waals surface area contributed by atoms with Gasteiger partial charge in [0.2, 0.25) is 0 Å². The number of aromatic amines is 1. The van der Waals surface area contributed by atoms with Crippen molar-refractivity contribution in [3.05, 3.63) is 86.7 Å². The molecular weight excluding hydrogens is 401 g/mol. The van der Waals surface area contributed by atoms with Gasteiger partial charge in [-0.05, 0) is 35.4 Å². The molecule has 142 valence electrons. The molecule has 0 spiro atoms. The smallest absolute Gasteiger partial charge is 0.281 e. The van der Waals surface area contributed by atoms with Gasteiger partial charge < -0.3 is 4.98 Å². The highest BCUT2D eigenvalue weighted by Crippen LogP contribution is 2.18. The molecule has 0 aliphatic heterocycles. The van der Waals surface area contributed by atoms with Crippen molar-refractivity contribution in [2.45, 2.75) is 18.1 Å². The van der Waals surface area contributed by atoms with Crippen molar-refractivity contribution < 1.29 is 4.39 Å². The number of rotatable bonds is 6. The van der Waals surface area contributed by atoms with Crippen LogP contribution in [0.15, 0.2) is 53.3 Å². The van der Waals surface area contributed by atoms with Gasteiger partial charge in [-0.15, -0.1) is 16.9 Å². The summed E-state index contributed by atoms with van der Waals surface area (Å²) in [4.78, 5) is 19.6. The lowest BCUT2D eigenvalue weighted by atomic mass is 10.2. The monoisotopic (exact) mass is 415 g/mol. The van der Waals surface area contributed by atoms with Gasteiger partial charge in [-0.25, -0.2) is 14.1 Å². The molecule has 2 heterocycles. The lowest BCUT2D eigenvalue weighted by Gasteiger charge is -2.05. The minimum Gasteiger partial charge on any atom is -0.308 e. The second-order valence-electron chi connectivity index (χ2n) is 6.18. The molecule has 0 atom stereocenters. The van der Waals surface area contributed by atoms with Gasteiger partial charge in [0.05, 0.1) is 12.3 Å². The summed E-state index contributed by atoms with van der Waals surface area (Å²) >= 11 is 7.52. The average molecular weight is 416 g/mol.